The van der Waals surface area contributed by atoms with Crippen LogP contribution in [0.4, 0.5) is 0 Å². The van der Waals surface area contributed by atoms with E-state index in [1.54, 1.807) is 0 Å². The van der Waals surface area contributed by atoms with Gasteiger partial charge in [0.2, 0.25) is 0 Å². The Morgan fingerprint density at radius 3 is 2.62 bits per heavy atom. The Morgan fingerprint density at radius 1 is 1.12 bits per heavy atom. The minimum Gasteiger partial charge on any atom is -0.316 e. The van der Waals surface area contributed by atoms with Crippen molar-refractivity contribution < 1.29 is 0 Å². The maximum absolute atomic E-state index is 3.42. The number of likely N-dealkylation sites (N-methyl/N-ethyl adjacent to an activating group) is 1. The molecule has 2 heteroatoms. The van der Waals surface area contributed by atoms with E-state index in [1.165, 1.54) is 51.6 Å². The number of hydrogen-bond donors (Lipinski definition) is 1. The summed E-state index contributed by atoms with van der Waals surface area (Å²) in [6.07, 6.45) is 8.46. The topological polar surface area (TPSA) is 15.3 Å². The Labute approximate surface area is 101 Å². The van der Waals surface area contributed by atoms with Gasteiger partial charge >= 0.3 is 0 Å². The van der Waals surface area contributed by atoms with Crippen LogP contribution in [0.25, 0.3) is 0 Å². The number of likely N-dealkylation sites (tertiary alicyclic amines) is 1. The van der Waals surface area contributed by atoms with Crippen LogP contribution in [-0.2, 0) is 0 Å². The van der Waals surface area contributed by atoms with E-state index in [0.29, 0.717) is 5.41 Å². The molecule has 1 saturated heterocycles. The van der Waals surface area contributed by atoms with Crippen molar-refractivity contribution in [1.82, 2.24) is 10.2 Å². The van der Waals surface area contributed by atoms with E-state index in [4.69, 9.17) is 0 Å². The van der Waals surface area contributed by atoms with Crippen molar-refractivity contribution in [3.63, 3.8) is 0 Å². The van der Waals surface area contributed by atoms with Gasteiger partial charge in [0.15, 0.2) is 0 Å². The van der Waals surface area contributed by atoms with Gasteiger partial charge in [0.25, 0.3) is 0 Å². The summed E-state index contributed by atoms with van der Waals surface area (Å²) >= 11 is 0. The number of nitrogens with zero attached hydrogens (tertiary/aromatic N) is 1. The van der Waals surface area contributed by atoms with E-state index >= 15 is 0 Å². The fraction of sp³-hybridized carbons (Fsp3) is 1.00. The standard InChI is InChI=1S/C14H28N2/c1-14(2)8-4-5-13(6-9-14)16-10-7-12(11-16)15-3/h12-13,15H,4-11H2,1-3H3. The molecule has 2 aliphatic rings. The van der Waals surface area contributed by atoms with Gasteiger partial charge in [-0.2, -0.15) is 0 Å². The smallest absolute Gasteiger partial charge is 0.0204 e. The maximum Gasteiger partial charge on any atom is 0.0204 e. The Kier molecular flexibility index (Phi) is 3.91. The lowest BCUT2D eigenvalue weighted by molar-refractivity contribution is 0.209. The highest BCUT2D eigenvalue weighted by atomic mass is 15.2. The van der Waals surface area contributed by atoms with Crippen LogP contribution in [0.2, 0.25) is 0 Å². The molecule has 2 rings (SSSR count). The molecular weight excluding hydrogens is 196 g/mol. The van der Waals surface area contributed by atoms with Crippen molar-refractivity contribution in [2.45, 2.75) is 64.5 Å². The lowest BCUT2D eigenvalue weighted by Gasteiger charge is -2.27. The lowest BCUT2D eigenvalue weighted by Crippen LogP contribution is -2.36. The number of nitrogens with one attached hydrogen (secondary N) is 1. The first kappa shape index (κ1) is 12.4. The van der Waals surface area contributed by atoms with E-state index in [0.717, 1.165) is 12.1 Å². The molecule has 0 aromatic rings. The average molecular weight is 224 g/mol. The quantitative estimate of drug-likeness (QED) is 0.725. The molecule has 1 saturated carbocycles. The highest BCUT2D eigenvalue weighted by Crippen LogP contribution is 2.35. The van der Waals surface area contributed by atoms with Crippen LogP contribution in [0, 0.1) is 5.41 Å². The summed E-state index contributed by atoms with van der Waals surface area (Å²) in [5, 5.41) is 3.42. The van der Waals surface area contributed by atoms with Crippen molar-refractivity contribution >= 4 is 0 Å². The fourth-order valence-corrected chi connectivity index (χ4v) is 3.36. The molecule has 0 aromatic carbocycles. The molecule has 1 aliphatic carbocycles. The van der Waals surface area contributed by atoms with Crippen LogP contribution >= 0.6 is 0 Å². The van der Waals surface area contributed by atoms with E-state index in [9.17, 15) is 0 Å². The second kappa shape index (κ2) is 5.05. The molecule has 1 N–H and O–H groups in total. The predicted octanol–water partition coefficient (Wildman–Crippen LogP) is 2.64. The van der Waals surface area contributed by atoms with Crippen molar-refractivity contribution in [3.8, 4) is 0 Å². The Balaban J connectivity index is 1.86. The molecule has 2 fully saturated rings. The van der Waals surface area contributed by atoms with Crippen LogP contribution in [0.1, 0.15) is 52.4 Å². The Bertz CT molecular complexity index is 225. The van der Waals surface area contributed by atoms with Gasteiger partial charge in [-0.3, -0.25) is 4.90 Å². The zero-order valence-corrected chi connectivity index (χ0v) is 11.3. The van der Waals surface area contributed by atoms with Crippen LogP contribution in [0.5, 0.6) is 0 Å². The van der Waals surface area contributed by atoms with Gasteiger partial charge in [-0.05, 0) is 44.6 Å². The number of hydrogen-bond acceptors (Lipinski definition) is 2. The molecule has 94 valence electrons. The first-order chi connectivity index (χ1) is 7.61. The predicted molar refractivity (Wildman–Crippen MR) is 69.7 cm³/mol. The fourth-order valence-electron chi connectivity index (χ4n) is 3.36. The zero-order chi connectivity index (χ0) is 11.6. The number of rotatable bonds is 2. The van der Waals surface area contributed by atoms with Crippen molar-refractivity contribution in [3.05, 3.63) is 0 Å². The summed E-state index contributed by atoms with van der Waals surface area (Å²) in [5.41, 5.74) is 0.594. The van der Waals surface area contributed by atoms with Gasteiger partial charge in [-0.25, -0.2) is 0 Å². The van der Waals surface area contributed by atoms with Gasteiger partial charge in [-0.1, -0.05) is 20.3 Å². The Hall–Kier alpha value is -0.0800. The highest BCUT2D eigenvalue weighted by Gasteiger charge is 2.31. The average Bonchev–Trinajstić information content (AvgIpc) is 2.64. The van der Waals surface area contributed by atoms with Crippen LogP contribution in [0.3, 0.4) is 0 Å². The van der Waals surface area contributed by atoms with E-state index in [-0.39, 0.29) is 0 Å². The summed E-state index contributed by atoms with van der Waals surface area (Å²) in [5.74, 6) is 0. The highest BCUT2D eigenvalue weighted by molar-refractivity contribution is 4.87. The molecule has 2 nitrogen and oxygen atoms in total. The van der Waals surface area contributed by atoms with Crippen LogP contribution in [0.15, 0.2) is 0 Å². The van der Waals surface area contributed by atoms with E-state index in [1.807, 2.05) is 0 Å². The van der Waals surface area contributed by atoms with Gasteiger partial charge in [0.1, 0.15) is 0 Å². The second-order valence-corrected chi connectivity index (χ2v) is 6.52. The summed E-state index contributed by atoms with van der Waals surface area (Å²) in [6.45, 7) is 7.48. The monoisotopic (exact) mass is 224 g/mol. The molecule has 0 bridgehead atoms. The normalized spacial score (nSPS) is 36.2. The summed E-state index contributed by atoms with van der Waals surface area (Å²) in [6, 6.07) is 1.62. The summed E-state index contributed by atoms with van der Waals surface area (Å²) < 4.78 is 0. The van der Waals surface area contributed by atoms with Crippen molar-refractivity contribution in [1.29, 1.82) is 0 Å². The second-order valence-electron chi connectivity index (χ2n) is 6.52. The van der Waals surface area contributed by atoms with Gasteiger partial charge in [0, 0.05) is 25.2 Å². The van der Waals surface area contributed by atoms with E-state index in [2.05, 4.69) is 31.1 Å². The molecule has 16 heavy (non-hydrogen) atoms. The van der Waals surface area contributed by atoms with Crippen molar-refractivity contribution in [2.75, 3.05) is 20.1 Å². The zero-order valence-electron chi connectivity index (χ0n) is 11.3. The molecule has 0 aromatic heterocycles. The van der Waals surface area contributed by atoms with Gasteiger partial charge in [-0.15, -0.1) is 0 Å². The molecule has 1 heterocycles. The molecular formula is C14H28N2. The molecule has 2 unspecified atom stereocenters. The lowest BCUT2D eigenvalue weighted by atomic mass is 9.85. The first-order valence-corrected chi connectivity index (χ1v) is 7.02. The van der Waals surface area contributed by atoms with Gasteiger partial charge < -0.3 is 5.32 Å². The van der Waals surface area contributed by atoms with Crippen LogP contribution < -0.4 is 5.32 Å². The summed E-state index contributed by atoms with van der Waals surface area (Å²) in [7, 11) is 2.10. The summed E-state index contributed by atoms with van der Waals surface area (Å²) in [4.78, 5) is 2.74. The molecule has 2 atom stereocenters. The molecule has 0 radical (unpaired) electrons. The molecule has 1 aliphatic heterocycles. The minimum absolute atomic E-state index is 0.594. The SMILES string of the molecule is CNC1CCN(C2CCCC(C)(C)CC2)C1. The third kappa shape index (κ3) is 2.98. The van der Waals surface area contributed by atoms with E-state index < -0.39 is 0 Å². The molecule has 0 amide bonds. The van der Waals surface area contributed by atoms with Gasteiger partial charge in [0.05, 0.1) is 0 Å². The Morgan fingerprint density at radius 2 is 1.94 bits per heavy atom. The third-order valence-corrected chi connectivity index (χ3v) is 4.69. The minimum atomic E-state index is 0.594. The third-order valence-electron chi connectivity index (χ3n) is 4.69. The largest absolute Gasteiger partial charge is 0.316 e. The maximum atomic E-state index is 3.42. The van der Waals surface area contributed by atoms with Crippen molar-refractivity contribution in [2.24, 2.45) is 5.41 Å². The van der Waals surface area contributed by atoms with Crippen LogP contribution in [-0.4, -0.2) is 37.1 Å². The molecule has 0 spiro atoms. The first-order valence-electron chi connectivity index (χ1n) is 7.02.